The van der Waals surface area contributed by atoms with Gasteiger partial charge in [0.2, 0.25) is 0 Å². The molecule has 0 aliphatic carbocycles. The Morgan fingerprint density at radius 1 is 0.679 bits per heavy atom. The first-order chi connectivity index (χ1) is 25.5. The summed E-state index contributed by atoms with van der Waals surface area (Å²) in [7, 11) is 1.12. The summed E-state index contributed by atoms with van der Waals surface area (Å²) in [5.41, 5.74) is 0. The minimum Gasteiger partial charge on any atom is -0.756 e. The Bertz CT molecular complexity index is 1070. The fourth-order valence-electron chi connectivity index (χ4n) is 5.63. The van der Waals surface area contributed by atoms with E-state index in [0.29, 0.717) is 23.9 Å². The number of allylic oxidation sites excluding steroid dienone is 4. The third kappa shape index (κ3) is 32.2. The number of carbonyl (C=O) groups excluding carboxylic acids is 2. The van der Waals surface area contributed by atoms with Crippen LogP contribution in [-0.2, 0) is 37.4 Å². The quantitative estimate of drug-likeness (QED) is 0.0153. The first kappa shape index (κ1) is 49.2. The molecule has 53 heavy (non-hydrogen) atoms. The predicted octanol–water partition coefficient (Wildman–Crippen LogP) is 9.71. The fourth-order valence-corrected chi connectivity index (χ4v) is 6.36. The molecule has 1 fully saturated rings. The zero-order valence-electron chi connectivity index (χ0n) is 34.1. The Morgan fingerprint density at radius 2 is 1.21 bits per heavy atom. The second kappa shape index (κ2) is 31.4. The average molecular weight is 770 g/mol. The van der Waals surface area contributed by atoms with Crippen LogP contribution in [0.5, 0.6) is 0 Å². The summed E-state index contributed by atoms with van der Waals surface area (Å²) < 4.78 is 39.5. The molecule has 1 saturated heterocycles. The summed E-state index contributed by atoms with van der Waals surface area (Å²) in [4.78, 5) is 37.4. The van der Waals surface area contributed by atoms with Gasteiger partial charge in [-0.05, 0) is 51.4 Å². The van der Waals surface area contributed by atoms with Gasteiger partial charge in [0, 0.05) is 12.8 Å². The molecule has 1 heterocycles. The van der Waals surface area contributed by atoms with Gasteiger partial charge in [-0.1, -0.05) is 127 Å². The highest BCUT2D eigenvalue weighted by Crippen LogP contribution is 2.38. The van der Waals surface area contributed by atoms with Crippen molar-refractivity contribution in [2.75, 3.05) is 47.5 Å². The van der Waals surface area contributed by atoms with Crippen molar-refractivity contribution in [2.24, 2.45) is 0 Å². The van der Waals surface area contributed by atoms with Crippen molar-refractivity contribution in [3.8, 4) is 0 Å². The van der Waals surface area contributed by atoms with E-state index in [0.717, 1.165) is 44.9 Å². The van der Waals surface area contributed by atoms with Gasteiger partial charge >= 0.3 is 11.9 Å². The monoisotopic (exact) mass is 770 g/mol. The smallest absolute Gasteiger partial charge is 0.306 e. The van der Waals surface area contributed by atoms with Gasteiger partial charge in [0.25, 0.3) is 7.82 Å². The number of quaternary nitrogens is 1. The van der Waals surface area contributed by atoms with Crippen molar-refractivity contribution in [2.45, 2.75) is 173 Å². The largest absolute Gasteiger partial charge is 0.756 e. The van der Waals surface area contributed by atoms with Gasteiger partial charge in [-0.2, -0.15) is 0 Å². The number of phosphoric ester groups is 1. The van der Waals surface area contributed by atoms with Gasteiger partial charge in [-0.15, -0.1) is 0 Å². The SMILES string of the molecule is CCCCC/C=C\C/C=C\CC1OC1C/C=C\CCCC(=O)OC(COC(=O)CCCCCCCCCCCCC)COP(=O)([O-])OCC[N+](C)(C)C. The van der Waals surface area contributed by atoms with Crippen molar-refractivity contribution in [3.63, 3.8) is 0 Å². The molecule has 1 rings (SSSR count). The molecule has 0 N–H and O–H groups in total. The van der Waals surface area contributed by atoms with Crippen LogP contribution in [0.1, 0.15) is 155 Å². The van der Waals surface area contributed by atoms with Crippen LogP contribution in [0.15, 0.2) is 36.5 Å². The van der Waals surface area contributed by atoms with Crippen molar-refractivity contribution in [3.05, 3.63) is 36.5 Å². The van der Waals surface area contributed by atoms with Crippen LogP contribution in [0.2, 0.25) is 0 Å². The Labute approximate surface area is 323 Å². The highest BCUT2D eigenvalue weighted by atomic mass is 31.2. The second-order valence-electron chi connectivity index (χ2n) is 15.4. The molecular formula is C42H76NO9P. The molecule has 10 nitrogen and oxygen atoms in total. The summed E-state index contributed by atoms with van der Waals surface area (Å²) in [6.07, 6.45) is 34.9. The third-order valence-corrected chi connectivity index (χ3v) is 10.0. The van der Waals surface area contributed by atoms with Crippen molar-refractivity contribution in [1.82, 2.24) is 0 Å². The van der Waals surface area contributed by atoms with Crippen LogP contribution in [-0.4, -0.2) is 82.2 Å². The molecule has 11 heteroatoms. The van der Waals surface area contributed by atoms with Crippen molar-refractivity contribution >= 4 is 19.8 Å². The van der Waals surface area contributed by atoms with E-state index in [1.54, 1.807) is 0 Å². The normalized spacial score (nSPS) is 17.8. The number of epoxide rings is 1. The van der Waals surface area contributed by atoms with E-state index in [-0.39, 0.29) is 38.3 Å². The predicted molar refractivity (Wildman–Crippen MR) is 212 cm³/mol. The fraction of sp³-hybridized carbons (Fsp3) is 0.810. The maximum atomic E-state index is 12.7. The zero-order valence-corrected chi connectivity index (χ0v) is 35.0. The van der Waals surface area contributed by atoms with E-state index in [9.17, 15) is 19.0 Å². The summed E-state index contributed by atoms with van der Waals surface area (Å²) in [6, 6.07) is 0. The molecule has 0 amide bonds. The Morgan fingerprint density at radius 3 is 1.85 bits per heavy atom. The highest BCUT2D eigenvalue weighted by molar-refractivity contribution is 7.45. The number of hydrogen-bond acceptors (Lipinski definition) is 9. The van der Waals surface area contributed by atoms with Gasteiger partial charge in [0.1, 0.15) is 19.8 Å². The van der Waals surface area contributed by atoms with Crippen LogP contribution in [0.25, 0.3) is 0 Å². The first-order valence-corrected chi connectivity index (χ1v) is 22.3. The van der Waals surface area contributed by atoms with Gasteiger partial charge in [0.15, 0.2) is 6.10 Å². The van der Waals surface area contributed by atoms with E-state index in [4.69, 9.17) is 23.3 Å². The number of ether oxygens (including phenoxy) is 3. The second-order valence-corrected chi connectivity index (χ2v) is 16.8. The molecular weight excluding hydrogens is 693 g/mol. The molecule has 0 aromatic rings. The van der Waals surface area contributed by atoms with E-state index in [2.05, 4.69) is 44.2 Å². The van der Waals surface area contributed by atoms with Crippen LogP contribution < -0.4 is 4.89 Å². The number of phosphoric acid groups is 1. The lowest BCUT2D eigenvalue weighted by Crippen LogP contribution is -2.37. The highest BCUT2D eigenvalue weighted by Gasteiger charge is 2.36. The zero-order chi connectivity index (χ0) is 39.0. The van der Waals surface area contributed by atoms with E-state index >= 15 is 0 Å². The number of hydrogen-bond donors (Lipinski definition) is 0. The van der Waals surface area contributed by atoms with E-state index in [1.807, 2.05) is 27.2 Å². The van der Waals surface area contributed by atoms with Crippen LogP contribution in [0.3, 0.4) is 0 Å². The molecule has 4 unspecified atom stereocenters. The number of rotatable bonds is 36. The number of nitrogens with zero attached hydrogens (tertiary/aromatic N) is 1. The lowest BCUT2D eigenvalue weighted by Gasteiger charge is -2.28. The molecule has 0 radical (unpaired) electrons. The molecule has 0 aromatic heterocycles. The number of esters is 2. The molecule has 0 aromatic carbocycles. The summed E-state index contributed by atoms with van der Waals surface area (Å²) >= 11 is 0. The number of unbranched alkanes of at least 4 members (excludes halogenated alkanes) is 14. The van der Waals surface area contributed by atoms with Gasteiger partial charge in [-0.3, -0.25) is 14.2 Å². The lowest BCUT2D eigenvalue weighted by molar-refractivity contribution is -0.870. The standard InChI is InChI=1S/C42H76NO9P/c1-6-8-10-12-14-16-17-19-21-23-28-32-41(44)48-36-38(37-50-53(46,47)49-35-34-43(3,4)5)51-42(45)33-29-25-24-27-31-40-39(52-40)30-26-22-20-18-15-13-11-9-7-2/h15,18,22,24,26-27,38-40H,6-14,16-17,19-21,23,25,28-37H2,1-5H3/b18-15-,26-22-,27-24-. The topological polar surface area (TPSA) is 124 Å². The van der Waals surface area contributed by atoms with Crippen LogP contribution in [0.4, 0.5) is 0 Å². The maximum absolute atomic E-state index is 12.7. The van der Waals surface area contributed by atoms with E-state index < -0.39 is 32.5 Å². The molecule has 1 aliphatic rings. The summed E-state index contributed by atoms with van der Waals surface area (Å²) in [5, 5.41) is 0. The molecule has 308 valence electrons. The van der Waals surface area contributed by atoms with E-state index in [1.165, 1.54) is 70.6 Å². The molecule has 0 bridgehead atoms. The molecule has 0 spiro atoms. The first-order valence-electron chi connectivity index (χ1n) is 20.8. The van der Waals surface area contributed by atoms with Crippen molar-refractivity contribution in [1.29, 1.82) is 0 Å². The minimum absolute atomic E-state index is 0.0438. The van der Waals surface area contributed by atoms with Crippen LogP contribution >= 0.6 is 7.82 Å². The summed E-state index contributed by atoms with van der Waals surface area (Å²) in [5.74, 6) is -0.909. The lowest BCUT2D eigenvalue weighted by atomic mass is 10.1. The van der Waals surface area contributed by atoms with Crippen molar-refractivity contribution < 1.29 is 46.8 Å². The molecule has 1 aliphatic heterocycles. The molecule has 4 atom stereocenters. The minimum atomic E-state index is -4.64. The van der Waals surface area contributed by atoms with Gasteiger partial charge in [0.05, 0.1) is 40.0 Å². The Hall–Kier alpha value is -1.81. The number of likely N-dealkylation sites (N-methyl/N-ethyl adjacent to an activating group) is 1. The van der Waals surface area contributed by atoms with Crippen LogP contribution in [0, 0.1) is 0 Å². The Balaban J connectivity index is 2.36. The van der Waals surface area contributed by atoms with Gasteiger partial charge in [-0.25, -0.2) is 0 Å². The average Bonchev–Trinajstić information content (AvgIpc) is 3.86. The number of carbonyl (C=O) groups is 2. The molecule has 0 saturated carbocycles. The maximum Gasteiger partial charge on any atom is 0.306 e. The third-order valence-electron chi connectivity index (χ3n) is 9.07. The Kier molecular flexibility index (Phi) is 29.2. The van der Waals surface area contributed by atoms with Gasteiger partial charge < -0.3 is 32.6 Å². The summed E-state index contributed by atoms with van der Waals surface area (Å²) in [6.45, 7) is 4.10.